The lowest BCUT2D eigenvalue weighted by molar-refractivity contribution is 0.510. The molecule has 0 radical (unpaired) electrons. The van der Waals surface area contributed by atoms with Gasteiger partial charge in [-0.25, -0.2) is 0 Å². The minimum atomic E-state index is -1.19. The largest absolute Gasteiger partial charge is 0.487 e. The molecule has 0 aromatic carbocycles. The van der Waals surface area contributed by atoms with Crippen LogP contribution in [0.3, 0.4) is 0 Å². The van der Waals surface area contributed by atoms with Crippen LogP contribution in [0.2, 0.25) is 18.1 Å². The van der Waals surface area contributed by atoms with E-state index in [4.69, 9.17) is 4.74 Å². The Bertz CT molecular complexity index is 180. The summed E-state index contributed by atoms with van der Waals surface area (Å²) in [6.45, 7) is 12.6. The van der Waals surface area contributed by atoms with Crippen molar-refractivity contribution in [3.8, 4) is 0 Å². The summed E-state index contributed by atoms with van der Waals surface area (Å²) in [5, 5.41) is 0.450. The molecule has 2 heteroatoms. The minimum absolute atomic E-state index is 0.450. The molecule has 0 bridgehead atoms. The fraction of sp³-hybridized carbons (Fsp3) is 0.778. The van der Waals surface area contributed by atoms with E-state index < -0.39 is 8.07 Å². The molecule has 1 saturated heterocycles. The summed E-state index contributed by atoms with van der Waals surface area (Å²) >= 11 is 0. The van der Waals surface area contributed by atoms with Crippen LogP contribution >= 0.6 is 0 Å². The summed E-state index contributed by atoms with van der Waals surface area (Å²) in [6.07, 6.45) is 0. The van der Waals surface area contributed by atoms with E-state index in [1.165, 1.54) is 5.76 Å². The maximum absolute atomic E-state index is 5.14. The Labute approximate surface area is 70.5 Å². The lowest BCUT2D eigenvalue weighted by atomic mass is 10.2. The number of hydrogen-bond acceptors (Lipinski definition) is 1. The van der Waals surface area contributed by atoms with Gasteiger partial charge in [0.15, 0.2) is 0 Å². The van der Waals surface area contributed by atoms with E-state index in [1.807, 2.05) is 0 Å². The van der Waals surface area contributed by atoms with Gasteiger partial charge in [0.05, 0.1) is 8.07 Å². The Hall–Kier alpha value is -0.243. The number of ether oxygens (including phenoxy) is 1. The van der Waals surface area contributed by atoms with E-state index in [2.05, 4.69) is 39.6 Å². The van der Waals surface area contributed by atoms with Gasteiger partial charge in [0.2, 0.25) is 0 Å². The monoisotopic (exact) mass is 170 g/mol. The van der Waals surface area contributed by atoms with Gasteiger partial charge >= 0.3 is 0 Å². The molecule has 0 aromatic rings. The molecular formula is C9H18OSi. The third kappa shape index (κ3) is 2.09. The Morgan fingerprint density at radius 1 is 1.36 bits per heavy atom. The number of rotatable bonds is 1. The van der Waals surface area contributed by atoms with Crippen molar-refractivity contribution in [1.29, 1.82) is 0 Å². The van der Waals surface area contributed by atoms with E-state index in [0.717, 1.165) is 6.61 Å². The standard InChI is InChI=1S/C9H18OSi/c1-9(2,3)11(4,5)7-8-6-10-8/h7H,6H2,1-5H3. The second kappa shape index (κ2) is 2.37. The van der Waals surface area contributed by atoms with Gasteiger partial charge in [0.1, 0.15) is 12.4 Å². The Morgan fingerprint density at radius 2 is 1.82 bits per heavy atom. The first-order valence-electron chi connectivity index (χ1n) is 4.17. The van der Waals surface area contributed by atoms with E-state index in [0.29, 0.717) is 5.04 Å². The molecule has 1 fully saturated rings. The summed E-state index contributed by atoms with van der Waals surface area (Å²) in [4.78, 5) is 0. The third-order valence-electron chi connectivity index (χ3n) is 2.77. The molecule has 0 N–H and O–H groups in total. The maximum Gasteiger partial charge on any atom is 0.144 e. The zero-order valence-corrected chi connectivity index (χ0v) is 9.19. The Kier molecular flexibility index (Phi) is 1.91. The molecule has 0 spiro atoms. The highest BCUT2D eigenvalue weighted by Crippen LogP contribution is 2.38. The van der Waals surface area contributed by atoms with Crippen LogP contribution in [-0.2, 0) is 4.74 Å². The smallest absolute Gasteiger partial charge is 0.144 e. The molecule has 11 heavy (non-hydrogen) atoms. The molecule has 0 aromatic heterocycles. The Balaban J connectivity index is 2.73. The van der Waals surface area contributed by atoms with Crippen LogP contribution in [0.5, 0.6) is 0 Å². The van der Waals surface area contributed by atoms with Crippen molar-refractivity contribution >= 4 is 8.07 Å². The topological polar surface area (TPSA) is 12.5 Å². The van der Waals surface area contributed by atoms with Crippen molar-refractivity contribution in [2.24, 2.45) is 0 Å². The highest BCUT2D eigenvalue weighted by atomic mass is 28.3. The molecule has 1 rings (SSSR count). The summed E-state index contributed by atoms with van der Waals surface area (Å²) in [5.74, 6) is 1.22. The maximum atomic E-state index is 5.14. The first-order valence-corrected chi connectivity index (χ1v) is 7.25. The summed E-state index contributed by atoms with van der Waals surface area (Å²) in [6, 6.07) is 0. The van der Waals surface area contributed by atoms with Crippen molar-refractivity contribution in [2.75, 3.05) is 6.61 Å². The molecule has 1 nitrogen and oxygen atoms in total. The van der Waals surface area contributed by atoms with Gasteiger partial charge in [0, 0.05) is 0 Å². The molecule has 0 saturated carbocycles. The first kappa shape index (κ1) is 8.85. The number of epoxide rings is 1. The van der Waals surface area contributed by atoms with E-state index in [9.17, 15) is 0 Å². The first-order chi connectivity index (χ1) is 4.83. The molecule has 1 heterocycles. The molecule has 0 unspecified atom stereocenters. The van der Waals surface area contributed by atoms with Gasteiger partial charge in [-0.3, -0.25) is 0 Å². The fourth-order valence-corrected chi connectivity index (χ4v) is 2.15. The van der Waals surface area contributed by atoms with Crippen LogP contribution in [0.4, 0.5) is 0 Å². The van der Waals surface area contributed by atoms with Gasteiger partial charge in [-0.2, -0.15) is 0 Å². The van der Waals surface area contributed by atoms with Crippen LogP contribution in [-0.4, -0.2) is 14.7 Å². The highest BCUT2D eigenvalue weighted by molar-refractivity contribution is 6.84. The van der Waals surface area contributed by atoms with Crippen molar-refractivity contribution < 1.29 is 4.74 Å². The average molecular weight is 170 g/mol. The number of hydrogen-bond donors (Lipinski definition) is 0. The van der Waals surface area contributed by atoms with Crippen molar-refractivity contribution in [3.05, 3.63) is 11.5 Å². The van der Waals surface area contributed by atoms with Gasteiger partial charge in [0.25, 0.3) is 0 Å². The normalized spacial score (nSPS) is 21.7. The summed E-state index contributed by atoms with van der Waals surface area (Å²) < 4.78 is 5.14. The predicted octanol–water partition coefficient (Wildman–Crippen LogP) is 2.95. The minimum Gasteiger partial charge on any atom is -0.487 e. The van der Waals surface area contributed by atoms with E-state index in [-0.39, 0.29) is 0 Å². The van der Waals surface area contributed by atoms with Crippen LogP contribution in [0, 0.1) is 0 Å². The highest BCUT2D eigenvalue weighted by Gasteiger charge is 2.35. The second-order valence-electron chi connectivity index (χ2n) is 4.87. The Morgan fingerprint density at radius 3 is 2.09 bits per heavy atom. The molecule has 0 aliphatic carbocycles. The molecule has 0 atom stereocenters. The summed E-state index contributed by atoms with van der Waals surface area (Å²) in [7, 11) is -1.19. The van der Waals surface area contributed by atoms with Crippen LogP contribution in [0.25, 0.3) is 0 Å². The second-order valence-corrected chi connectivity index (χ2v) is 10.1. The SMILES string of the molecule is CC(C)(C)[Si](C)(C)C=C1CO1. The van der Waals surface area contributed by atoms with E-state index in [1.54, 1.807) is 0 Å². The van der Waals surface area contributed by atoms with Gasteiger partial charge < -0.3 is 4.74 Å². The van der Waals surface area contributed by atoms with Gasteiger partial charge in [-0.05, 0) is 5.04 Å². The molecule has 1 aliphatic heterocycles. The van der Waals surface area contributed by atoms with Gasteiger partial charge in [-0.1, -0.05) is 39.6 Å². The van der Waals surface area contributed by atoms with Crippen LogP contribution < -0.4 is 0 Å². The molecule has 1 aliphatic rings. The average Bonchev–Trinajstić information content (AvgIpc) is 2.45. The molecule has 64 valence electrons. The quantitative estimate of drug-likeness (QED) is 0.435. The zero-order valence-electron chi connectivity index (χ0n) is 8.19. The predicted molar refractivity (Wildman–Crippen MR) is 51.2 cm³/mol. The van der Waals surface area contributed by atoms with E-state index >= 15 is 0 Å². The fourth-order valence-electron chi connectivity index (χ4n) is 0.744. The lowest BCUT2D eigenvalue weighted by Crippen LogP contribution is -2.34. The zero-order chi connectivity index (χ0) is 8.70. The van der Waals surface area contributed by atoms with Crippen LogP contribution in [0.15, 0.2) is 11.5 Å². The van der Waals surface area contributed by atoms with Gasteiger partial charge in [-0.15, -0.1) is 0 Å². The third-order valence-corrected chi connectivity index (χ3v) is 7.68. The molecule has 0 amide bonds. The van der Waals surface area contributed by atoms with Crippen molar-refractivity contribution in [3.63, 3.8) is 0 Å². The van der Waals surface area contributed by atoms with Crippen molar-refractivity contribution in [2.45, 2.75) is 38.9 Å². The van der Waals surface area contributed by atoms with Crippen molar-refractivity contribution in [1.82, 2.24) is 0 Å². The summed E-state index contributed by atoms with van der Waals surface area (Å²) in [5.41, 5.74) is 2.38. The van der Waals surface area contributed by atoms with Crippen LogP contribution in [0.1, 0.15) is 20.8 Å². The lowest BCUT2D eigenvalue weighted by Gasteiger charge is -2.33. The molecular weight excluding hydrogens is 152 g/mol.